The molecule has 0 radical (unpaired) electrons. The molecular weight excluding hydrogens is 406 g/mol. The summed E-state index contributed by atoms with van der Waals surface area (Å²) in [7, 11) is 1.58. The van der Waals surface area contributed by atoms with Gasteiger partial charge in [0.2, 0.25) is 5.76 Å². The number of rotatable bonds is 4. The second-order valence-corrected chi connectivity index (χ2v) is 7.44. The van der Waals surface area contributed by atoms with Crippen LogP contribution in [0.25, 0.3) is 11.0 Å². The fraction of sp³-hybridized carbons (Fsp3) is 0.130. The van der Waals surface area contributed by atoms with Crippen molar-refractivity contribution in [2.24, 2.45) is 0 Å². The van der Waals surface area contributed by atoms with E-state index in [0.29, 0.717) is 33.1 Å². The number of carbonyl (C=O) groups excluding carboxylic acids is 1. The maximum atomic E-state index is 13.4. The highest BCUT2D eigenvalue weighted by molar-refractivity contribution is 6.31. The molecule has 0 spiro atoms. The van der Waals surface area contributed by atoms with E-state index in [9.17, 15) is 9.59 Å². The number of furan rings is 1. The van der Waals surface area contributed by atoms with E-state index in [2.05, 4.69) is 0 Å². The molecule has 0 N–H and O–H groups in total. The van der Waals surface area contributed by atoms with Crippen molar-refractivity contribution in [2.75, 3.05) is 7.11 Å². The summed E-state index contributed by atoms with van der Waals surface area (Å²) in [5.74, 6) is 0.964. The summed E-state index contributed by atoms with van der Waals surface area (Å²) < 4.78 is 16.6. The zero-order chi connectivity index (χ0) is 20.8. The minimum absolute atomic E-state index is 0.0437. The summed E-state index contributed by atoms with van der Waals surface area (Å²) in [6.07, 6.45) is 1.55. The Kier molecular flexibility index (Phi) is 4.37. The summed E-state index contributed by atoms with van der Waals surface area (Å²) in [4.78, 5) is 28.3. The average molecular weight is 422 g/mol. The lowest BCUT2D eigenvalue weighted by molar-refractivity contribution is 0.0701. The van der Waals surface area contributed by atoms with Gasteiger partial charge in [0.15, 0.2) is 5.43 Å². The van der Waals surface area contributed by atoms with Crippen LogP contribution in [0, 0.1) is 0 Å². The maximum Gasteiger partial charge on any atom is 0.291 e. The zero-order valence-corrected chi connectivity index (χ0v) is 16.7. The van der Waals surface area contributed by atoms with E-state index in [-0.39, 0.29) is 23.6 Å². The Morgan fingerprint density at radius 3 is 2.60 bits per heavy atom. The largest absolute Gasteiger partial charge is 0.497 e. The Balaban J connectivity index is 1.73. The normalized spacial score (nSPS) is 15.6. The van der Waals surface area contributed by atoms with E-state index in [1.54, 1.807) is 60.7 Å². The van der Waals surface area contributed by atoms with Crippen LogP contribution in [-0.2, 0) is 6.54 Å². The van der Waals surface area contributed by atoms with Gasteiger partial charge in [-0.3, -0.25) is 9.59 Å². The predicted octanol–water partition coefficient (Wildman–Crippen LogP) is 4.79. The van der Waals surface area contributed by atoms with Crippen molar-refractivity contribution in [2.45, 2.75) is 12.6 Å². The minimum atomic E-state index is -0.622. The Hall–Kier alpha value is -3.51. The Morgan fingerprint density at radius 2 is 1.90 bits per heavy atom. The molecule has 1 aliphatic heterocycles. The van der Waals surface area contributed by atoms with Gasteiger partial charge in [0.1, 0.15) is 17.1 Å². The number of methoxy groups -OCH3 is 1. The van der Waals surface area contributed by atoms with Crippen LogP contribution in [0.15, 0.2) is 74.5 Å². The lowest BCUT2D eigenvalue weighted by Gasteiger charge is -2.24. The van der Waals surface area contributed by atoms with Gasteiger partial charge in [-0.25, -0.2) is 0 Å². The first-order chi connectivity index (χ1) is 14.6. The second-order valence-electron chi connectivity index (χ2n) is 7.00. The van der Waals surface area contributed by atoms with Crippen LogP contribution >= 0.6 is 11.6 Å². The molecule has 30 heavy (non-hydrogen) atoms. The molecule has 3 heterocycles. The van der Waals surface area contributed by atoms with Gasteiger partial charge in [-0.05, 0) is 48.0 Å². The van der Waals surface area contributed by atoms with Crippen molar-refractivity contribution in [3.63, 3.8) is 0 Å². The highest BCUT2D eigenvalue weighted by Crippen LogP contribution is 2.39. The van der Waals surface area contributed by atoms with Gasteiger partial charge in [0.25, 0.3) is 5.91 Å². The molecule has 1 atom stereocenters. The van der Waals surface area contributed by atoms with Gasteiger partial charge in [-0.15, -0.1) is 0 Å². The number of carbonyl (C=O) groups is 1. The third kappa shape index (κ3) is 2.88. The smallest absolute Gasteiger partial charge is 0.291 e. The maximum absolute atomic E-state index is 13.4. The molecule has 0 saturated heterocycles. The summed E-state index contributed by atoms with van der Waals surface area (Å²) in [6, 6.07) is 15.0. The summed E-state index contributed by atoms with van der Waals surface area (Å²) >= 11 is 6.10. The van der Waals surface area contributed by atoms with Crippen LogP contribution in [0.5, 0.6) is 5.75 Å². The van der Waals surface area contributed by atoms with Gasteiger partial charge < -0.3 is 18.5 Å². The molecule has 0 saturated carbocycles. The highest BCUT2D eigenvalue weighted by atomic mass is 35.5. The molecule has 2 aromatic heterocycles. The summed E-state index contributed by atoms with van der Waals surface area (Å²) in [5, 5.41) is 0.764. The van der Waals surface area contributed by atoms with E-state index in [1.165, 1.54) is 0 Å². The van der Waals surface area contributed by atoms with Crippen LogP contribution in [0.4, 0.5) is 0 Å². The summed E-state index contributed by atoms with van der Waals surface area (Å²) in [5.41, 5.74) is 1.12. The molecule has 1 aliphatic rings. The number of amides is 1. The minimum Gasteiger partial charge on any atom is -0.497 e. The van der Waals surface area contributed by atoms with E-state index < -0.39 is 6.04 Å². The number of benzene rings is 2. The standard InChI is InChI=1S/C23H16ClNO5/c1-28-15-7-4-13(5-8-15)20-19-21(26)17-11-14(24)6-9-18(17)30-22(19)23(27)25(20)12-16-3-2-10-29-16/h2-11,20H,12H2,1H3. The highest BCUT2D eigenvalue weighted by Gasteiger charge is 2.43. The lowest BCUT2D eigenvalue weighted by atomic mass is 9.98. The number of nitrogens with zero attached hydrogens (tertiary/aromatic N) is 1. The van der Waals surface area contributed by atoms with Gasteiger partial charge in [-0.1, -0.05) is 23.7 Å². The van der Waals surface area contributed by atoms with Crippen molar-refractivity contribution < 1.29 is 18.4 Å². The fourth-order valence-corrected chi connectivity index (χ4v) is 4.03. The number of fused-ring (bicyclic) bond motifs is 2. The molecule has 0 aliphatic carbocycles. The Labute approximate surface area is 176 Å². The van der Waals surface area contributed by atoms with Crippen LogP contribution in [0.3, 0.4) is 0 Å². The molecule has 1 unspecified atom stereocenters. The van der Waals surface area contributed by atoms with Crippen molar-refractivity contribution in [1.82, 2.24) is 4.90 Å². The Bertz CT molecular complexity index is 1310. The SMILES string of the molecule is COc1ccc(C2c3c(oc4ccc(Cl)cc4c3=O)C(=O)N2Cc2ccco2)cc1. The van der Waals surface area contributed by atoms with Crippen LogP contribution < -0.4 is 10.2 Å². The van der Waals surface area contributed by atoms with Crippen molar-refractivity contribution in [1.29, 1.82) is 0 Å². The first-order valence-corrected chi connectivity index (χ1v) is 9.68. The van der Waals surface area contributed by atoms with E-state index >= 15 is 0 Å². The second kappa shape index (κ2) is 7.07. The van der Waals surface area contributed by atoms with E-state index in [4.69, 9.17) is 25.2 Å². The third-order valence-electron chi connectivity index (χ3n) is 5.27. The van der Waals surface area contributed by atoms with E-state index in [0.717, 1.165) is 5.56 Å². The van der Waals surface area contributed by atoms with Crippen molar-refractivity contribution in [3.8, 4) is 5.75 Å². The fourth-order valence-electron chi connectivity index (χ4n) is 3.86. The van der Waals surface area contributed by atoms with Gasteiger partial charge >= 0.3 is 0 Å². The van der Waals surface area contributed by atoms with Crippen LogP contribution in [0.1, 0.15) is 33.5 Å². The quantitative estimate of drug-likeness (QED) is 0.473. The number of hydrogen-bond donors (Lipinski definition) is 0. The number of hydrogen-bond acceptors (Lipinski definition) is 5. The topological polar surface area (TPSA) is 72.9 Å². The monoisotopic (exact) mass is 421 g/mol. The lowest BCUT2D eigenvalue weighted by Crippen LogP contribution is -2.29. The van der Waals surface area contributed by atoms with Crippen molar-refractivity contribution in [3.05, 3.63) is 98.8 Å². The van der Waals surface area contributed by atoms with E-state index in [1.807, 2.05) is 12.1 Å². The third-order valence-corrected chi connectivity index (χ3v) is 5.50. The van der Waals surface area contributed by atoms with Gasteiger partial charge in [0.05, 0.1) is 36.9 Å². The molecule has 0 bridgehead atoms. The zero-order valence-electron chi connectivity index (χ0n) is 15.9. The first kappa shape index (κ1) is 18.5. The van der Waals surface area contributed by atoms with Gasteiger partial charge in [-0.2, -0.15) is 0 Å². The van der Waals surface area contributed by atoms with Crippen LogP contribution in [-0.4, -0.2) is 17.9 Å². The molecule has 1 amide bonds. The molecule has 150 valence electrons. The van der Waals surface area contributed by atoms with Crippen molar-refractivity contribution >= 4 is 28.5 Å². The molecule has 6 nitrogen and oxygen atoms in total. The molecule has 5 rings (SSSR count). The molecule has 0 fully saturated rings. The molecule has 2 aromatic carbocycles. The average Bonchev–Trinajstić information content (AvgIpc) is 3.37. The Morgan fingerprint density at radius 1 is 1.10 bits per heavy atom. The van der Waals surface area contributed by atoms with Gasteiger partial charge in [0, 0.05) is 5.02 Å². The number of halogens is 1. The first-order valence-electron chi connectivity index (χ1n) is 9.30. The summed E-state index contributed by atoms with van der Waals surface area (Å²) in [6.45, 7) is 0.198. The molecule has 4 aromatic rings. The van der Waals surface area contributed by atoms with Crippen LogP contribution in [0.2, 0.25) is 5.02 Å². The molecule has 7 heteroatoms. The molecular formula is C23H16ClNO5. The predicted molar refractivity (Wildman–Crippen MR) is 111 cm³/mol. The number of ether oxygens (including phenoxy) is 1.